The van der Waals surface area contributed by atoms with Crippen molar-refractivity contribution < 1.29 is 9.59 Å². The first-order chi connectivity index (χ1) is 7.83. The fourth-order valence-corrected chi connectivity index (χ4v) is 2.16. The molecule has 1 rings (SSSR count). The average Bonchev–Trinajstić information content (AvgIpc) is 2.30. The van der Waals surface area contributed by atoms with Crippen LogP contribution in [0.25, 0.3) is 0 Å². The van der Waals surface area contributed by atoms with Crippen LogP contribution in [0.1, 0.15) is 64.2 Å². The zero-order chi connectivity index (χ0) is 11.6. The Labute approximate surface area is 98.0 Å². The van der Waals surface area contributed by atoms with E-state index in [1.54, 1.807) is 0 Å². The SMILES string of the molecule is O=CC1CCCCCCCCCCC(=O)N1. The first-order valence-corrected chi connectivity index (χ1v) is 6.57. The van der Waals surface area contributed by atoms with Crippen LogP contribution in [0.4, 0.5) is 0 Å². The molecule has 0 spiro atoms. The fraction of sp³-hybridized carbons (Fsp3) is 0.846. The van der Waals surface area contributed by atoms with E-state index >= 15 is 0 Å². The molecule has 92 valence electrons. The summed E-state index contributed by atoms with van der Waals surface area (Å²) < 4.78 is 0. The van der Waals surface area contributed by atoms with Crippen LogP contribution in [0.3, 0.4) is 0 Å². The number of carbonyl (C=O) groups excluding carboxylic acids is 2. The molecule has 1 unspecified atom stereocenters. The zero-order valence-electron chi connectivity index (χ0n) is 10.0. The second-order valence-corrected chi connectivity index (χ2v) is 4.68. The van der Waals surface area contributed by atoms with Crippen LogP contribution in [-0.4, -0.2) is 18.2 Å². The van der Waals surface area contributed by atoms with Crippen LogP contribution in [-0.2, 0) is 9.59 Å². The minimum Gasteiger partial charge on any atom is -0.347 e. The number of hydrogen-bond acceptors (Lipinski definition) is 2. The van der Waals surface area contributed by atoms with E-state index in [1.807, 2.05) is 0 Å². The highest BCUT2D eigenvalue weighted by molar-refractivity contribution is 5.79. The van der Waals surface area contributed by atoms with E-state index in [0.29, 0.717) is 6.42 Å². The maximum Gasteiger partial charge on any atom is 0.220 e. The van der Waals surface area contributed by atoms with Crippen LogP contribution < -0.4 is 5.32 Å². The smallest absolute Gasteiger partial charge is 0.220 e. The second-order valence-electron chi connectivity index (χ2n) is 4.68. The summed E-state index contributed by atoms with van der Waals surface area (Å²) in [7, 11) is 0. The van der Waals surface area contributed by atoms with Crippen LogP contribution in [0.15, 0.2) is 0 Å². The molecule has 0 aromatic rings. The molecule has 1 aliphatic heterocycles. The highest BCUT2D eigenvalue weighted by Gasteiger charge is 2.11. The van der Waals surface area contributed by atoms with Gasteiger partial charge in [0, 0.05) is 6.42 Å². The quantitative estimate of drug-likeness (QED) is 0.697. The molecule has 1 heterocycles. The van der Waals surface area contributed by atoms with Gasteiger partial charge in [-0.25, -0.2) is 0 Å². The Morgan fingerprint density at radius 1 is 0.938 bits per heavy atom. The molecule has 0 aromatic carbocycles. The van der Waals surface area contributed by atoms with Crippen molar-refractivity contribution in [3.8, 4) is 0 Å². The van der Waals surface area contributed by atoms with Gasteiger partial charge in [-0.05, 0) is 12.8 Å². The Morgan fingerprint density at radius 3 is 2.12 bits per heavy atom. The molecule has 3 nitrogen and oxygen atoms in total. The molecule has 0 aliphatic carbocycles. The molecule has 16 heavy (non-hydrogen) atoms. The van der Waals surface area contributed by atoms with Gasteiger partial charge in [-0.3, -0.25) is 4.79 Å². The maximum absolute atomic E-state index is 11.5. The van der Waals surface area contributed by atoms with E-state index in [1.165, 1.54) is 32.1 Å². The standard InChI is InChI=1S/C13H23NO2/c15-11-12-9-7-5-3-1-2-4-6-8-10-13(16)14-12/h11-12H,1-10H2,(H,14,16). The van der Waals surface area contributed by atoms with Gasteiger partial charge >= 0.3 is 0 Å². The first kappa shape index (κ1) is 13.2. The van der Waals surface area contributed by atoms with Gasteiger partial charge in [-0.2, -0.15) is 0 Å². The summed E-state index contributed by atoms with van der Waals surface area (Å²) in [5, 5.41) is 2.80. The summed E-state index contributed by atoms with van der Waals surface area (Å²) >= 11 is 0. The molecule has 0 aromatic heterocycles. The third-order valence-corrected chi connectivity index (χ3v) is 3.18. The molecule has 1 amide bonds. The third-order valence-electron chi connectivity index (χ3n) is 3.18. The number of rotatable bonds is 1. The minimum atomic E-state index is -0.256. The Hall–Kier alpha value is -0.860. The van der Waals surface area contributed by atoms with Gasteiger partial charge in [-0.1, -0.05) is 44.9 Å². The van der Waals surface area contributed by atoms with Gasteiger partial charge in [0.05, 0.1) is 6.04 Å². The van der Waals surface area contributed by atoms with E-state index in [9.17, 15) is 9.59 Å². The number of hydrogen-bond donors (Lipinski definition) is 1. The van der Waals surface area contributed by atoms with Gasteiger partial charge in [0.15, 0.2) is 0 Å². The lowest BCUT2D eigenvalue weighted by Crippen LogP contribution is -2.35. The predicted molar refractivity (Wildman–Crippen MR) is 64.2 cm³/mol. The largest absolute Gasteiger partial charge is 0.347 e. The predicted octanol–water partition coefficient (Wildman–Crippen LogP) is 2.58. The molecule has 0 bridgehead atoms. The summed E-state index contributed by atoms with van der Waals surface area (Å²) in [6.07, 6.45) is 11.7. The van der Waals surface area contributed by atoms with Crippen molar-refractivity contribution >= 4 is 12.2 Å². The third kappa shape index (κ3) is 5.89. The van der Waals surface area contributed by atoms with Crippen molar-refractivity contribution in [2.45, 2.75) is 70.3 Å². The Balaban J connectivity index is 2.35. The molecule has 3 heteroatoms. The first-order valence-electron chi connectivity index (χ1n) is 6.57. The summed E-state index contributed by atoms with van der Waals surface area (Å²) in [5.74, 6) is 0.0383. The molecule has 1 N–H and O–H groups in total. The summed E-state index contributed by atoms with van der Waals surface area (Å²) in [4.78, 5) is 22.3. The molecule has 1 saturated heterocycles. The molecular formula is C13H23NO2. The zero-order valence-corrected chi connectivity index (χ0v) is 10.0. The number of aldehydes is 1. The molecule has 1 atom stereocenters. The Morgan fingerprint density at radius 2 is 1.50 bits per heavy atom. The van der Waals surface area contributed by atoms with Gasteiger partial charge in [0.1, 0.15) is 6.29 Å². The van der Waals surface area contributed by atoms with Crippen molar-refractivity contribution in [2.24, 2.45) is 0 Å². The van der Waals surface area contributed by atoms with E-state index < -0.39 is 0 Å². The van der Waals surface area contributed by atoms with Crippen molar-refractivity contribution in [1.29, 1.82) is 0 Å². The molecule has 1 fully saturated rings. The number of nitrogens with one attached hydrogen (secondary N) is 1. The lowest BCUT2D eigenvalue weighted by Gasteiger charge is -2.12. The lowest BCUT2D eigenvalue weighted by molar-refractivity contribution is -0.124. The second kappa shape index (κ2) is 8.31. The normalized spacial score (nSPS) is 25.8. The summed E-state index contributed by atoms with van der Waals surface area (Å²) in [6, 6.07) is -0.256. The summed E-state index contributed by atoms with van der Waals surface area (Å²) in [6.45, 7) is 0. The lowest BCUT2D eigenvalue weighted by atomic mass is 10.1. The minimum absolute atomic E-state index is 0.0383. The molecule has 0 saturated carbocycles. The Kier molecular flexibility index (Phi) is 6.86. The van der Waals surface area contributed by atoms with E-state index in [2.05, 4.69) is 5.32 Å². The monoisotopic (exact) mass is 225 g/mol. The van der Waals surface area contributed by atoms with Gasteiger partial charge in [0.2, 0.25) is 5.91 Å². The topological polar surface area (TPSA) is 46.2 Å². The summed E-state index contributed by atoms with van der Waals surface area (Å²) in [5.41, 5.74) is 0. The van der Waals surface area contributed by atoms with Crippen LogP contribution >= 0.6 is 0 Å². The van der Waals surface area contributed by atoms with Crippen molar-refractivity contribution in [3.63, 3.8) is 0 Å². The Bertz CT molecular complexity index is 216. The number of carbonyl (C=O) groups is 2. The average molecular weight is 225 g/mol. The highest BCUT2D eigenvalue weighted by atomic mass is 16.2. The van der Waals surface area contributed by atoms with Crippen LogP contribution in [0.2, 0.25) is 0 Å². The maximum atomic E-state index is 11.5. The highest BCUT2D eigenvalue weighted by Crippen LogP contribution is 2.12. The van der Waals surface area contributed by atoms with E-state index in [4.69, 9.17) is 0 Å². The van der Waals surface area contributed by atoms with E-state index in [-0.39, 0.29) is 11.9 Å². The molecular weight excluding hydrogens is 202 g/mol. The molecule has 0 radical (unpaired) electrons. The fourth-order valence-electron chi connectivity index (χ4n) is 2.16. The van der Waals surface area contributed by atoms with Crippen molar-refractivity contribution in [1.82, 2.24) is 5.32 Å². The van der Waals surface area contributed by atoms with Crippen LogP contribution in [0, 0.1) is 0 Å². The van der Waals surface area contributed by atoms with Crippen molar-refractivity contribution in [2.75, 3.05) is 0 Å². The van der Waals surface area contributed by atoms with Gasteiger partial charge in [-0.15, -0.1) is 0 Å². The van der Waals surface area contributed by atoms with Crippen LogP contribution in [0.5, 0.6) is 0 Å². The van der Waals surface area contributed by atoms with Crippen molar-refractivity contribution in [3.05, 3.63) is 0 Å². The molecule has 1 aliphatic rings. The van der Waals surface area contributed by atoms with E-state index in [0.717, 1.165) is 32.0 Å². The van der Waals surface area contributed by atoms with Gasteiger partial charge in [0.25, 0.3) is 0 Å². The van der Waals surface area contributed by atoms with Gasteiger partial charge < -0.3 is 10.1 Å². The number of amides is 1.